The van der Waals surface area contributed by atoms with Crippen molar-refractivity contribution >= 4 is 35.0 Å². The van der Waals surface area contributed by atoms with Crippen LogP contribution in [0, 0.1) is 5.41 Å². The lowest BCUT2D eigenvalue weighted by atomic mass is 10.0. The highest BCUT2D eigenvalue weighted by atomic mass is 35.5. The summed E-state index contributed by atoms with van der Waals surface area (Å²) >= 11 is 12.6. The molecule has 1 aromatic heterocycles. The molecule has 0 saturated carbocycles. The fraction of sp³-hybridized carbons (Fsp3) is 0.286. The van der Waals surface area contributed by atoms with E-state index in [-0.39, 0.29) is 5.96 Å². The van der Waals surface area contributed by atoms with Gasteiger partial charge in [0.2, 0.25) is 5.96 Å². The summed E-state index contributed by atoms with van der Waals surface area (Å²) in [5.74, 6) is 0.640. The minimum atomic E-state index is -0.130. The first-order valence-electron chi connectivity index (χ1n) is 6.74. The molecule has 0 amide bonds. The molecule has 0 atom stereocenters. The van der Waals surface area contributed by atoms with Gasteiger partial charge in [-0.05, 0) is 31.4 Å². The summed E-state index contributed by atoms with van der Waals surface area (Å²) in [5.41, 5.74) is 8.04. The van der Waals surface area contributed by atoms with Gasteiger partial charge in [0.05, 0.1) is 10.0 Å². The number of halogens is 2. The van der Waals surface area contributed by atoms with E-state index in [2.05, 4.69) is 10.4 Å². The monoisotopic (exact) mass is 323 g/mol. The lowest BCUT2D eigenvalue weighted by molar-refractivity contribution is 0.781. The maximum absolute atomic E-state index is 7.70. The average Bonchev–Trinajstić information content (AvgIpc) is 2.63. The number of hydrogen-bond acceptors (Lipinski definition) is 3. The molecule has 0 fully saturated rings. The van der Waals surface area contributed by atoms with E-state index in [0.717, 1.165) is 37.2 Å². The first-order valence-corrected chi connectivity index (χ1v) is 7.49. The first kappa shape index (κ1) is 14.2. The van der Waals surface area contributed by atoms with Gasteiger partial charge in [0, 0.05) is 17.7 Å². The van der Waals surface area contributed by atoms with Crippen molar-refractivity contribution in [3.63, 3.8) is 0 Å². The van der Waals surface area contributed by atoms with Crippen molar-refractivity contribution < 1.29 is 0 Å². The Morgan fingerprint density at radius 2 is 2.00 bits per heavy atom. The van der Waals surface area contributed by atoms with Gasteiger partial charge < -0.3 is 11.1 Å². The number of aromatic nitrogens is 2. The van der Waals surface area contributed by atoms with Crippen LogP contribution in [0.15, 0.2) is 18.2 Å². The van der Waals surface area contributed by atoms with Gasteiger partial charge in [-0.3, -0.25) is 5.41 Å². The van der Waals surface area contributed by atoms with E-state index in [0.29, 0.717) is 21.3 Å². The van der Waals surface area contributed by atoms with E-state index in [9.17, 15) is 0 Å². The third kappa shape index (κ3) is 2.47. The second-order valence-electron chi connectivity index (χ2n) is 4.95. The summed E-state index contributed by atoms with van der Waals surface area (Å²) in [5, 5.41) is 16.5. The van der Waals surface area contributed by atoms with Gasteiger partial charge in [0.1, 0.15) is 11.5 Å². The maximum atomic E-state index is 7.70. The van der Waals surface area contributed by atoms with E-state index >= 15 is 0 Å². The molecule has 0 bridgehead atoms. The minimum absolute atomic E-state index is 0.130. The van der Waals surface area contributed by atoms with Gasteiger partial charge in [0.15, 0.2) is 0 Å². The highest BCUT2D eigenvalue weighted by molar-refractivity contribution is 6.39. The van der Waals surface area contributed by atoms with Crippen molar-refractivity contribution in [3.05, 3.63) is 33.8 Å². The molecule has 0 spiro atoms. The molecule has 4 N–H and O–H groups in total. The number of nitrogen functional groups attached to an aromatic ring is 1. The fourth-order valence-corrected chi connectivity index (χ4v) is 3.18. The van der Waals surface area contributed by atoms with Crippen molar-refractivity contribution in [3.8, 4) is 11.3 Å². The lowest BCUT2D eigenvalue weighted by Gasteiger charge is -2.07. The SMILES string of the molecule is N=C(N)n1nc(-c2c(Cl)cccc2Cl)c2c1NCCCC2. The number of nitrogens with one attached hydrogen (secondary N) is 2. The summed E-state index contributed by atoms with van der Waals surface area (Å²) in [6.07, 6.45) is 2.95. The molecule has 2 aromatic rings. The molecule has 0 unspecified atom stereocenters. The molecule has 21 heavy (non-hydrogen) atoms. The molecule has 1 aliphatic rings. The van der Waals surface area contributed by atoms with Gasteiger partial charge >= 0.3 is 0 Å². The zero-order valence-corrected chi connectivity index (χ0v) is 12.8. The van der Waals surface area contributed by atoms with Crippen LogP contribution >= 0.6 is 23.2 Å². The van der Waals surface area contributed by atoms with Gasteiger partial charge in [-0.15, -0.1) is 0 Å². The van der Waals surface area contributed by atoms with E-state index < -0.39 is 0 Å². The Balaban J connectivity index is 2.26. The number of hydrogen-bond donors (Lipinski definition) is 3. The summed E-state index contributed by atoms with van der Waals surface area (Å²) in [4.78, 5) is 0. The van der Waals surface area contributed by atoms with Crippen molar-refractivity contribution in [2.45, 2.75) is 19.3 Å². The Morgan fingerprint density at radius 3 is 2.67 bits per heavy atom. The average molecular weight is 324 g/mol. The minimum Gasteiger partial charge on any atom is -0.370 e. The molecule has 3 rings (SSSR count). The molecule has 110 valence electrons. The Kier molecular flexibility index (Phi) is 3.78. The number of nitrogens with zero attached hydrogens (tertiary/aromatic N) is 2. The van der Waals surface area contributed by atoms with Crippen molar-refractivity contribution in [2.24, 2.45) is 5.73 Å². The Labute approximate surface area is 132 Å². The zero-order valence-electron chi connectivity index (χ0n) is 11.3. The molecule has 0 saturated heterocycles. The normalized spacial score (nSPS) is 14.2. The smallest absolute Gasteiger partial charge is 0.215 e. The quantitative estimate of drug-likeness (QED) is 0.556. The second kappa shape index (κ2) is 5.58. The molecule has 2 heterocycles. The number of benzene rings is 1. The third-order valence-electron chi connectivity index (χ3n) is 3.56. The summed E-state index contributed by atoms with van der Waals surface area (Å²) < 4.78 is 1.41. The van der Waals surface area contributed by atoms with Crippen LogP contribution in [-0.4, -0.2) is 22.3 Å². The van der Waals surface area contributed by atoms with E-state index in [4.69, 9.17) is 34.3 Å². The van der Waals surface area contributed by atoms with Crippen LogP contribution in [0.1, 0.15) is 18.4 Å². The number of nitrogens with two attached hydrogens (primary N) is 1. The van der Waals surface area contributed by atoms with Crippen LogP contribution in [0.4, 0.5) is 5.82 Å². The van der Waals surface area contributed by atoms with Crippen LogP contribution in [0.2, 0.25) is 10.0 Å². The van der Waals surface area contributed by atoms with E-state index in [1.165, 1.54) is 4.68 Å². The molecule has 0 aliphatic carbocycles. The highest BCUT2D eigenvalue weighted by Gasteiger charge is 2.24. The molecule has 0 radical (unpaired) electrons. The number of anilines is 1. The Hall–Kier alpha value is -1.72. The standard InChI is InChI=1S/C14H15Cl2N5/c15-9-5-3-6-10(16)11(9)12-8-4-1-2-7-19-13(8)21(20-12)14(17)18/h3,5-6,19H,1-2,4,7H2,(H3,17,18). The summed E-state index contributed by atoms with van der Waals surface area (Å²) in [6.45, 7) is 0.835. The predicted octanol–water partition coefficient (Wildman–Crippen LogP) is 3.35. The Bertz CT molecular complexity index is 687. The van der Waals surface area contributed by atoms with Crippen LogP contribution in [0.3, 0.4) is 0 Å². The molecule has 1 aromatic carbocycles. The molecule has 5 nitrogen and oxygen atoms in total. The zero-order chi connectivity index (χ0) is 15.0. The maximum Gasteiger partial charge on any atom is 0.215 e. The van der Waals surface area contributed by atoms with Crippen molar-refractivity contribution in [1.29, 1.82) is 5.41 Å². The largest absolute Gasteiger partial charge is 0.370 e. The van der Waals surface area contributed by atoms with Crippen molar-refractivity contribution in [2.75, 3.05) is 11.9 Å². The predicted molar refractivity (Wildman–Crippen MR) is 86.4 cm³/mol. The van der Waals surface area contributed by atoms with E-state index in [1.807, 2.05) is 0 Å². The first-order chi connectivity index (χ1) is 10.1. The van der Waals surface area contributed by atoms with Crippen molar-refractivity contribution in [1.82, 2.24) is 9.78 Å². The fourth-order valence-electron chi connectivity index (χ4n) is 2.60. The third-order valence-corrected chi connectivity index (χ3v) is 4.19. The van der Waals surface area contributed by atoms with Gasteiger partial charge in [0.25, 0.3) is 0 Å². The van der Waals surface area contributed by atoms with Crippen LogP contribution in [0.5, 0.6) is 0 Å². The topological polar surface area (TPSA) is 79.7 Å². The highest BCUT2D eigenvalue weighted by Crippen LogP contribution is 2.39. The molecular formula is C14H15Cl2N5. The van der Waals surface area contributed by atoms with Crippen LogP contribution < -0.4 is 11.1 Å². The molecular weight excluding hydrogens is 309 g/mol. The van der Waals surface area contributed by atoms with Crippen LogP contribution in [0.25, 0.3) is 11.3 Å². The lowest BCUT2D eigenvalue weighted by Crippen LogP contribution is -2.24. The van der Waals surface area contributed by atoms with Gasteiger partial charge in [-0.2, -0.15) is 9.78 Å². The van der Waals surface area contributed by atoms with Crippen LogP contribution in [-0.2, 0) is 6.42 Å². The van der Waals surface area contributed by atoms with E-state index in [1.54, 1.807) is 18.2 Å². The second-order valence-corrected chi connectivity index (χ2v) is 5.77. The summed E-state index contributed by atoms with van der Waals surface area (Å²) in [7, 11) is 0. The molecule has 7 heteroatoms. The van der Waals surface area contributed by atoms with Gasteiger partial charge in [-0.1, -0.05) is 29.3 Å². The Morgan fingerprint density at radius 1 is 1.29 bits per heavy atom. The molecule has 1 aliphatic heterocycles. The number of fused-ring (bicyclic) bond motifs is 1. The number of rotatable bonds is 1. The van der Waals surface area contributed by atoms with Gasteiger partial charge in [-0.25, -0.2) is 0 Å². The summed E-state index contributed by atoms with van der Waals surface area (Å²) in [6, 6.07) is 5.37.